The minimum Gasteiger partial charge on any atom is -0.372 e. The van der Waals surface area contributed by atoms with Crippen LogP contribution in [0.4, 0.5) is 0 Å². The maximum Gasteiger partial charge on any atom is 0.236 e. The second-order valence-electron chi connectivity index (χ2n) is 5.11. The molecule has 0 saturated carbocycles. The summed E-state index contributed by atoms with van der Waals surface area (Å²) in [5, 5.41) is 3.22. The van der Waals surface area contributed by atoms with Crippen LogP contribution < -0.4 is 5.32 Å². The van der Waals surface area contributed by atoms with Gasteiger partial charge in [-0.3, -0.25) is 4.79 Å². The first-order valence-corrected chi connectivity index (χ1v) is 6.10. The minimum absolute atomic E-state index is 0.177. The van der Waals surface area contributed by atoms with Crippen LogP contribution in [-0.4, -0.2) is 48.7 Å². The molecule has 4 heteroatoms. The molecular weight excluding hydrogens is 204 g/mol. The molecule has 16 heavy (non-hydrogen) atoms. The lowest BCUT2D eigenvalue weighted by molar-refractivity contribution is -0.145. The Morgan fingerprint density at radius 2 is 2.25 bits per heavy atom. The summed E-state index contributed by atoms with van der Waals surface area (Å²) in [5.41, 5.74) is -0.204. The summed E-state index contributed by atoms with van der Waals surface area (Å²) in [6.45, 7) is 10.7. The Balaban J connectivity index is 2.36. The van der Waals surface area contributed by atoms with Crippen molar-refractivity contribution in [1.29, 1.82) is 0 Å². The molecule has 4 nitrogen and oxygen atoms in total. The Morgan fingerprint density at radius 1 is 1.56 bits per heavy atom. The van der Waals surface area contributed by atoms with Gasteiger partial charge < -0.3 is 15.0 Å². The largest absolute Gasteiger partial charge is 0.372 e. The third-order valence-corrected chi connectivity index (χ3v) is 2.99. The highest BCUT2D eigenvalue weighted by Gasteiger charge is 2.29. The van der Waals surface area contributed by atoms with Crippen LogP contribution in [0.15, 0.2) is 0 Å². The molecule has 1 unspecified atom stereocenters. The average Bonchev–Trinajstić information content (AvgIpc) is 2.23. The Kier molecular flexibility index (Phi) is 4.74. The number of hydrogen-bond acceptors (Lipinski definition) is 3. The van der Waals surface area contributed by atoms with Gasteiger partial charge in [0.2, 0.25) is 5.91 Å². The lowest BCUT2D eigenvalue weighted by Gasteiger charge is -2.38. The van der Waals surface area contributed by atoms with E-state index in [9.17, 15) is 4.79 Å². The number of amides is 1. The van der Waals surface area contributed by atoms with Crippen LogP contribution in [0.25, 0.3) is 0 Å². The smallest absolute Gasteiger partial charge is 0.236 e. The molecule has 0 aromatic heterocycles. The zero-order valence-corrected chi connectivity index (χ0v) is 10.9. The molecule has 1 N–H and O–H groups in total. The van der Waals surface area contributed by atoms with Crippen molar-refractivity contribution in [1.82, 2.24) is 10.2 Å². The topological polar surface area (TPSA) is 41.6 Å². The third kappa shape index (κ3) is 4.10. The summed E-state index contributed by atoms with van der Waals surface area (Å²) in [6, 6.07) is 0.401. The third-order valence-electron chi connectivity index (χ3n) is 2.99. The van der Waals surface area contributed by atoms with Crippen LogP contribution in [0.3, 0.4) is 0 Å². The fourth-order valence-electron chi connectivity index (χ4n) is 1.75. The predicted octanol–water partition coefficient (Wildman–Crippen LogP) is 1.01. The van der Waals surface area contributed by atoms with Crippen LogP contribution >= 0.6 is 0 Å². The van der Waals surface area contributed by atoms with Crippen molar-refractivity contribution in [3.8, 4) is 0 Å². The first-order chi connectivity index (χ1) is 7.44. The Labute approximate surface area is 98.3 Å². The Hall–Kier alpha value is -0.610. The first-order valence-electron chi connectivity index (χ1n) is 6.10. The van der Waals surface area contributed by atoms with E-state index in [2.05, 4.69) is 19.2 Å². The molecule has 0 aromatic carbocycles. The number of carbonyl (C=O) groups is 1. The second kappa shape index (κ2) is 5.64. The molecule has 0 aliphatic carbocycles. The summed E-state index contributed by atoms with van der Waals surface area (Å²) in [5.74, 6) is 0.177. The summed E-state index contributed by atoms with van der Waals surface area (Å²) in [6.07, 6.45) is 1.04. The fourth-order valence-corrected chi connectivity index (χ4v) is 1.75. The number of carbonyl (C=O) groups excluding carboxylic acids is 1. The van der Waals surface area contributed by atoms with Crippen molar-refractivity contribution in [2.45, 2.75) is 45.8 Å². The van der Waals surface area contributed by atoms with E-state index in [1.165, 1.54) is 0 Å². The zero-order chi connectivity index (χ0) is 12.2. The van der Waals surface area contributed by atoms with E-state index in [1.807, 2.05) is 18.7 Å². The lowest BCUT2D eigenvalue weighted by Crippen LogP contribution is -2.53. The molecule has 0 aromatic rings. The van der Waals surface area contributed by atoms with Crippen LogP contribution in [0.5, 0.6) is 0 Å². The zero-order valence-electron chi connectivity index (χ0n) is 10.9. The van der Waals surface area contributed by atoms with E-state index >= 15 is 0 Å². The first kappa shape index (κ1) is 13.5. The van der Waals surface area contributed by atoms with Gasteiger partial charge in [-0.15, -0.1) is 0 Å². The van der Waals surface area contributed by atoms with Crippen LogP contribution in [0.1, 0.15) is 34.1 Å². The number of nitrogens with one attached hydrogen (secondary N) is 1. The van der Waals surface area contributed by atoms with Gasteiger partial charge >= 0.3 is 0 Å². The maximum absolute atomic E-state index is 11.9. The molecule has 0 bridgehead atoms. The molecular formula is C12H24N2O2. The molecule has 0 radical (unpaired) electrons. The summed E-state index contributed by atoms with van der Waals surface area (Å²) in [4.78, 5) is 13.8. The Morgan fingerprint density at radius 3 is 2.81 bits per heavy atom. The SMILES string of the molecule is CCC(C)NCC(=O)N1CCOC(C)(C)C1. The van der Waals surface area contributed by atoms with E-state index in [0.29, 0.717) is 32.3 Å². The molecule has 1 amide bonds. The molecule has 1 rings (SSSR count). The maximum atomic E-state index is 11.9. The van der Waals surface area contributed by atoms with Gasteiger partial charge in [0.05, 0.1) is 18.8 Å². The fraction of sp³-hybridized carbons (Fsp3) is 0.917. The molecule has 1 aliphatic rings. The Bertz CT molecular complexity index is 241. The van der Waals surface area contributed by atoms with Gasteiger partial charge in [-0.1, -0.05) is 6.92 Å². The van der Waals surface area contributed by atoms with E-state index in [0.717, 1.165) is 6.42 Å². The number of ether oxygens (including phenoxy) is 1. The highest BCUT2D eigenvalue weighted by molar-refractivity contribution is 5.78. The van der Waals surface area contributed by atoms with Crippen molar-refractivity contribution < 1.29 is 9.53 Å². The number of hydrogen-bond donors (Lipinski definition) is 1. The van der Waals surface area contributed by atoms with Gasteiger partial charge in [-0.25, -0.2) is 0 Å². The van der Waals surface area contributed by atoms with Crippen molar-refractivity contribution >= 4 is 5.91 Å². The predicted molar refractivity (Wildman–Crippen MR) is 64.4 cm³/mol. The number of rotatable bonds is 4. The van der Waals surface area contributed by atoms with Crippen LogP contribution in [0.2, 0.25) is 0 Å². The van der Waals surface area contributed by atoms with Gasteiger partial charge in [-0.05, 0) is 27.2 Å². The molecule has 1 heterocycles. The minimum atomic E-state index is -0.204. The quantitative estimate of drug-likeness (QED) is 0.781. The molecule has 0 spiro atoms. The standard InChI is InChI=1S/C12H24N2O2/c1-5-10(2)13-8-11(15)14-6-7-16-12(3,4)9-14/h10,13H,5-9H2,1-4H3. The van der Waals surface area contributed by atoms with E-state index in [4.69, 9.17) is 4.74 Å². The van der Waals surface area contributed by atoms with E-state index in [-0.39, 0.29) is 11.5 Å². The van der Waals surface area contributed by atoms with Gasteiger partial charge in [0.1, 0.15) is 0 Å². The van der Waals surface area contributed by atoms with Gasteiger partial charge in [0.25, 0.3) is 0 Å². The van der Waals surface area contributed by atoms with Gasteiger partial charge in [0, 0.05) is 19.1 Å². The summed E-state index contributed by atoms with van der Waals surface area (Å²) in [7, 11) is 0. The highest BCUT2D eigenvalue weighted by atomic mass is 16.5. The summed E-state index contributed by atoms with van der Waals surface area (Å²) >= 11 is 0. The molecule has 1 aliphatic heterocycles. The van der Waals surface area contributed by atoms with Crippen molar-refractivity contribution in [3.63, 3.8) is 0 Å². The molecule has 1 saturated heterocycles. The van der Waals surface area contributed by atoms with Crippen molar-refractivity contribution in [2.24, 2.45) is 0 Å². The second-order valence-corrected chi connectivity index (χ2v) is 5.11. The van der Waals surface area contributed by atoms with E-state index < -0.39 is 0 Å². The van der Waals surface area contributed by atoms with Gasteiger partial charge in [-0.2, -0.15) is 0 Å². The lowest BCUT2D eigenvalue weighted by atomic mass is 10.1. The summed E-state index contributed by atoms with van der Waals surface area (Å²) < 4.78 is 5.58. The van der Waals surface area contributed by atoms with Gasteiger partial charge in [0.15, 0.2) is 0 Å². The van der Waals surface area contributed by atoms with Crippen molar-refractivity contribution in [3.05, 3.63) is 0 Å². The number of nitrogens with zero attached hydrogens (tertiary/aromatic N) is 1. The number of morpholine rings is 1. The molecule has 1 atom stereocenters. The van der Waals surface area contributed by atoms with Crippen LogP contribution in [0, 0.1) is 0 Å². The normalized spacial score (nSPS) is 21.9. The molecule has 94 valence electrons. The monoisotopic (exact) mass is 228 g/mol. The molecule has 1 fully saturated rings. The van der Waals surface area contributed by atoms with E-state index in [1.54, 1.807) is 0 Å². The highest BCUT2D eigenvalue weighted by Crippen LogP contribution is 2.16. The van der Waals surface area contributed by atoms with Crippen LogP contribution in [-0.2, 0) is 9.53 Å². The average molecular weight is 228 g/mol. The van der Waals surface area contributed by atoms with Crippen molar-refractivity contribution in [2.75, 3.05) is 26.2 Å².